The average Bonchev–Trinajstić information content (AvgIpc) is 3.26. The zero-order valence-electron chi connectivity index (χ0n) is 23.0. The molecule has 0 bridgehead atoms. The van der Waals surface area contributed by atoms with E-state index in [1.165, 1.54) is 6.92 Å². The van der Waals surface area contributed by atoms with Crippen LogP contribution >= 0.6 is 0 Å². The van der Waals surface area contributed by atoms with Gasteiger partial charge in [-0.25, -0.2) is 4.79 Å². The molecule has 7 nitrogen and oxygen atoms in total. The normalized spacial score (nSPS) is 20.8. The van der Waals surface area contributed by atoms with Crippen LogP contribution < -0.4 is 10.1 Å². The molecule has 2 aliphatic rings. The molecule has 0 spiro atoms. The van der Waals surface area contributed by atoms with Crippen molar-refractivity contribution >= 4 is 24.0 Å². The van der Waals surface area contributed by atoms with Crippen molar-refractivity contribution in [2.45, 2.75) is 79.8 Å². The van der Waals surface area contributed by atoms with Crippen molar-refractivity contribution in [3.63, 3.8) is 0 Å². The van der Waals surface area contributed by atoms with Gasteiger partial charge in [0.15, 0.2) is 0 Å². The van der Waals surface area contributed by atoms with E-state index in [2.05, 4.69) is 31.8 Å². The number of hydrogen-bond acceptors (Lipinski definition) is 7. The van der Waals surface area contributed by atoms with Crippen molar-refractivity contribution in [3.8, 4) is 5.75 Å². The summed E-state index contributed by atoms with van der Waals surface area (Å²) in [4.78, 5) is 37.6. The van der Waals surface area contributed by atoms with Crippen LogP contribution in [0.5, 0.6) is 5.75 Å². The maximum Gasteiger partial charge on any atom is 0.342 e. The van der Waals surface area contributed by atoms with E-state index in [9.17, 15) is 14.4 Å². The number of carbonyl (C=O) groups excluding carboxylic acids is 3. The number of carbonyl (C=O) groups is 3. The molecular formula is C30H41NO6. The van der Waals surface area contributed by atoms with Gasteiger partial charge in [-0.15, -0.1) is 0 Å². The molecule has 1 aromatic carbocycles. The zero-order chi connectivity index (χ0) is 27.2. The summed E-state index contributed by atoms with van der Waals surface area (Å²) in [5, 5.41) is 3.44. The van der Waals surface area contributed by atoms with Crippen molar-refractivity contribution in [1.29, 1.82) is 0 Å². The van der Waals surface area contributed by atoms with Gasteiger partial charge in [-0.1, -0.05) is 64.3 Å². The molecule has 1 unspecified atom stereocenters. The second-order valence-electron chi connectivity index (χ2n) is 10.3. The number of fused-ring (bicyclic) bond motifs is 1. The molecule has 0 amide bonds. The first-order chi connectivity index (χ1) is 17.7. The van der Waals surface area contributed by atoms with E-state index in [1.807, 2.05) is 13.8 Å². The van der Waals surface area contributed by atoms with Crippen LogP contribution in [0.3, 0.4) is 0 Å². The summed E-state index contributed by atoms with van der Waals surface area (Å²) in [6.45, 7) is 15.5. The summed E-state index contributed by atoms with van der Waals surface area (Å²) in [6.07, 6.45) is 9.29. The van der Waals surface area contributed by atoms with Gasteiger partial charge in [0, 0.05) is 30.0 Å². The molecule has 2 atom stereocenters. The summed E-state index contributed by atoms with van der Waals surface area (Å²) in [5.41, 5.74) is 4.22. The van der Waals surface area contributed by atoms with Gasteiger partial charge in [-0.05, 0) is 43.9 Å². The Labute approximate surface area is 220 Å². The van der Waals surface area contributed by atoms with Crippen molar-refractivity contribution in [2.24, 2.45) is 11.3 Å². The van der Waals surface area contributed by atoms with E-state index in [1.54, 1.807) is 6.08 Å². The molecule has 1 fully saturated rings. The van der Waals surface area contributed by atoms with Gasteiger partial charge in [-0.3, -0.25) is 9.59 Å². The minimum atomic E-state index is -0.503. The molecule has 1 saturated heterocycles. The van der Waals surface area contributed by atoms with E-state index in [0.29, 0.717) is 25.1 Å². The quantitative estimate of drug-likeness (QED) is 0.183. The van der Waals surface area contributed by atoms with Gasteiger partial charge in [0.25, 0.3) is 0 Å². The number of cyclic esters (lactones) is 1. The third-order valence-corrected chi connectivity index (χ3v) is 7.89. The first-order valence-corrected chi connectivity index (χ1v) is 13.4. The number of esters is 3. The molecule has 0 aliphatic carbocycles. The predicted molar refractivity (Wildman–Crippen MR) is 143 cm³/mol. The van der Waals surface area contributed by atoms with E-state index in [0.717, 1.165) is 66.5 Å². The first kappa shape index (κ1) is 28.6. The Hall–Kier alpha value is -2.93. The lowest BCUT2D eigenvalue weighted by atomic mass is 9.68. The fraction of sp³-hybridized carbons (Fsp3) is 0.567. The first-order valence-electron chi connectivity index (χ1n) is 13.4. The van der Waals surface area contributed by atoms with Gasteiger partial charge in [0.05, 0.1) is 12.5 Å². The number of ether oxygens (including phenoxy) is 3. The summed E-state index contributed by atoms with van der Waals surface area (Å²) >= 11 is 0. The molecule has 37 heavy (non-hydrogen) atoms. The largest absolute Gasteiger partial charge is 0.465 e. The maximum absolute atomic E-state index is 13.0. The Kier molecular flexibility index (Phi) is 9.71. The summed E-state index contributed by atoms with van der Waals surface area (Å²) < 4.78 is 16.5. The molecule has 202 valence electrons. The Morgan fingerprint density at radius 2 is 2.03 bits per heavy atom. The number of unbranched alkanes of at least 4 members (excludes halogenated alkanes) is 3. The molecule has 0 aromatic heterocycles. The summed E-state index contributed by atoms with van der Waals surface area (Å²) in [7, 11) is 0. The van der Waals surface area contributed by atoms with Gasteiger partial charge >= 0.3 is 17.9 Å². The van der Waals surface area contributed by atoms with Gasteiger partial charge < -0.3 is 19.5 Å². The van der Waals surface area contributed by atoms with Crippen LogP contribution in [0.2, 0.25) is 0 Å². The van der Waals surface area contributed by atoms with Crippen LogP contribution in [0, 0.1) is 18.3 Å². The highest BCUT2D eigenvalue weighted by Gasteiger charge is 2.41. The lowest BCUT2D eigenvalue weighted by Gasteiger charge is -2.41. The molecular weight excluding hydrogens is 470 g/mol. The molecule has 1 aromatic rings. The van der Waals surface area contributed by atoms with E-state index in [-0.39, 0.29) is 24.2 Å². The number of hydrogen-bond donors (Lipinski definition) is 1. The van der Waals surface area contributed by atoms with Gasteiger partial charge in [0.2, 0.25) is 0 Å². The fourth-order valence-corrected chi connectivity index (χ4v) is 5.38. The van der Waals surface area contributed by atoms with Crippen molar-refractivity contribution in [3.05, 3.63) is 46.0 Å². The monoisotopic (exact) mass is 511 g/mol. The SMILES string of the molecule is C=Cc1c(C)c2c(c(OC(C)=O)c1CC=C1CCNC[C@@]1(C)C(C)C(=O)OCCCCCC)C(=O)OC2. The Balaban J connectivity index is 1.93. The number of piperidine rings is 1. The lowest BCUT2D eigenvalue weighted by molar-refractivity contribution is -0.151. The number of allylic oxidation sites excluding steroid dienone is 1. The minimum absolute atomic E-state index is 0.151. The van der Waals surface area contributed by atoms with Gasteiger partial charge in [0.1, 0.15) is 17.9 Å². The zero-order valence-corrected chi connectivity index (χ0v) is 23.0. The highest BCUT2D eigenvalue weighted by Crippen LogP contribution is 2.42. The van der Waals surface area contributed by atoms with Crippen molar-refractivity contribution < 1.29 is 28.6 Å². The molecule has 7 heteroatoms. The molecule has 2 aliphatic heterocycles. The van der Waals surface area contributed by atoms with Crippen LogP contribution in [0.15, 0.2) is 18.2 Å². The summed E-state index contributed by atoms with van der Waals surface area (Å²) in [5.74, 6) is -1.26. The minimum Gasteiger partial charge on any atom is -0.465 e. The molecule has 0 saturated carbocycles. The number of benzene rings is 1. The highest BCUT2D eigenvalue weighted by molar-refractivity contribution is 5.99. The Bertz CT molecular complexity index is 1090. The van der Waals surface area contributed by atoms with Crippen LogP contribution in [0.4, 0.5) is 0 Å². The van der Waals surface area contributed by atoms with Crippen molar-refractivity contribution in [2.75, 3.05) is 19.7 Å². The molecule has 2 heterocycles. The highest BCUT2D eigenvalue weighted by atomic mass is 16.6. The lowest BCUT2D eigenvalue weighted by Crippen LogP contribution is -2.46. The predicted octanol–water partition coefficient (Wildman–Crippen LogP) is 5.46. The average molecular weight is 512 g/mol. The number of rotatable bonds is 11. The van der Waals surface area contributed by atoms with E-state index < -0.39 is 17.4 Å². The Morgan fingerprint density at radius 3 is 2.70 bits per heavy atom. The van der Waals surface area contributed by atoms with Gasteiger partial charge in [-0.2, -0.15) is 0 Å². The third kappa shape index (κ3) is 6.15. The molecule has 1 N–H and O–H groups in total. The Morgan fingerprint density at radius 1 is 1.27 bits per heavy atom. The summed E-state index contributed by atoms with van der Waals surface area (Å²) in [6, 6.07) is 0. The second-order valence-corrected chi connectivity index (χ2v) is 10.3. The van der Waals surface area contributed by atoms with E-state index in [4.69, 9.17) is 14.2 Å². The molecule has 3 rings (SSSR count). The van der Waals surface area contributed by atoms with Crippen molar-refractivity contribution in [1.82, 2.24) is 5.32 Å². The van der Waals surface area contributed by atoms with Crippen LogP contribution in [0.25, 0.3) is 6.08 Å². The van der Waals surface area contributed by atoms with E-state index >= 15 is 0 Å². The topological polar surface area (TPSA) is 90.9 Å². The fourth-order valence-electron chi connectivity index (χ4n) is 5.38. The smallest absolute Gasteiger partial charge is 0.342 e. The standard InChI is InChI=1S/C30H41NO6/c1-7-9-10-11-16-35-28(33)20(4)30(6)18-31-15-14-22(30)12-13-24-23(8-2)19(3)25-17-36-29(34)26(25)27(24)37-21(5)32/h8,12,20,31H,2,7,9-11,13-18H2,1,3-6H3/t20?,30-/m0/s1. The second kappa shape index (κ2) is 12.5. The third-order valence-electron chi connectivity index (χ3n) is 7.89. The molecule has 0 radical (unpaired) electrons. The van der Waals surface area contributed by atoms with Crippen LogP contribution in [-0.4, -0.2) is 37.6 Å². The number of nitrogens with one attached hydrogen (secondary N) is 1. The van der Waals surface area contributed by atoms with Crippen LogP contribution in [0.1, 0.15) is 92.4 Å². The maximum atomic E-state index is 13.0. The van der Waals surface area contributed by atoms with Crippen LogP contribution in [-0.2, 0) is 32.1 Å².